The van der Waals surface area contributed by atoms with Crippen LogP contribution < -0.4 is 5.73 Å². The fourth-order valence-corrected chi connectivity index (χ4v) is 1.73. The second kappa shape index (κ2) is 5.30. The average Bonchev–Trinajstić information content (AvgIpc) is 3.03. The molecular formula is C12H17N3O2. The maximum absolute atomic E-state index is 5.81. The van der Waals surface area contributed by atoms with Gasteiger partial charge < -0.3 is 15.0 Å². The van der Waals surface area contributed by atoms with Crippen molar-refractivity contribution >= 4 is 0 Å². The molecule has 0 spiro atoms. The van der Waals surface area contributed by atoms with Crippen molar-refractivity contribution in [2.45, 2.75) is 38.3 Å². The Hall–Kier alpha value is -1.38. The van der Waals surface area contributed by atoms with E-state index in [4.69, 9.17) is 21.4 Å². The first-order valence-electron chi connectivity index (χ1n) is 5.90. The number of ether oxygens (including phenoxy) is 1. The number of aromatic nitrogens is 2. The summed E-state index contributed by atoms with van der Waals surface area (Å²) in [4.78, 5) is 4.29. The maximum atomic E-state index is 5.81. The first kappa shape index (κ1) is 12.1. The van der Waals surface area contributed by atoms with Gasteiger partial charge in [-0.1, -0.05) is 5.16 Å². The van der Waals surface area contributed by atoms with Gasteiger partial charge in [0, 0.05) is 13.0 Å². The van der Waals surface area contributed by atoms with Crippen molar-refractivity contribution in [3.8, 4) is 12.3 Å². The molecule has 0 bridgehead atoms. The molecule has 1 fully saturated rings. The van der Waals surface area contributed by atoms with Crippen molar-refractivity contribution < 1.29 is 9.26 Å². The number of hydrogen-bond acceptors (Lipinski definition) is 5. The summed E-state index contributed by atoms with van der Waals surface area (Å²) < 4.78 is 10.8. The Morgan fingerprint density at radius 2 is 2.41 bits per heavy atom. The standard InChI is InChI=1S/C12H17N3O2/c1-3-5-9(13)12-14-11(15-17-12)10(16-4-2)8-6-7-8/h1,8-10H,4-7,13H2,2H3. The zero-order valence-electron chi connectivity index (χ0n) is 9.93. The lowest BCUT2D eigenvalue weighted by Crippen LogP contribution is -2.11. The van der Waals surface area contributed by atoms with Gasteiger partial charge in [0.15, 0.2) is 0 Å². The lowest BCUT2D eigenvalue weighted by Gasteiger charge is -2.11. The molecule has 2 unspecified atom stereocenters. The van der Waals surface area contributed by atoms with Crippen LogP contribution in [0.25, 0.3) is 0 Å². The first-order valence-corrected chi connectivity index (χ1v) is 5.90. The molecule has 2 rings (SSSR count). The molecule has 0 amide bonds. The monoisotopic (exact) mass is 235 g/mol. The van der Waals surface area contributed by atoms with Gasteiger partial charge in [-0.15, -0.1) is 12.3 Å². The summed E-state index contributed by atoms with van der Waals surface area (Å²) in [5, 5.41) is 3.94. The van der Waals surface area contributed by atoms with Gasteiger partial charge in [0.2, 0.25) is 11.7 Å². The summed E-state index contributed by atoms with van der Waals surface area (Å²) in [6, 6.07) is -0.386. The van der Waals surface area contributed by atoms with Crippen molar-refractivity contribution in [1.29, 1.82) is 0 Å². The van der Waals surface area contributed by atoms with Crippen LogP contribution in [0.3, 0.4) is 0 Å². The Balaban J connectivity index is 2.07. The van der Waals surface area contributed by atoms with E-state index in [1.807, 2.05) is 6.92 Å². The molecule has 0 aromatic carbocycles. The summed E-state index contributed by atoms with van der Waals surface area (Å²) >= 11 is 0. The van der Waals surface area contributed by atoms with Crippen LogP contribution in [0.1, 0.15) is 50.0 Å². The van der Waals surface area contributed by atoms with Crippen molar-refractivity contribution in [3.05, 3.63) is 11.7 Å². The largest absolute Gasteiger partial charge is 0.370 e. The van der Waals surface area contributed by atoms with Gasteiger partial charge in [-0.05, 0) is 25.7 Å². The minimum atomic E-state index is -0.386. The smallest absolute Gasteiger partial charge is 0.244 e. The lowest BCUT2D eigenvalue weighted by molar-refractivity contribution is 0.0384. The van der Waals surface area contributed by atoms with Crippen LogP contribution in [0.4, 0.5) is 0 Å². The van der Waals surface area contributed by atoms with Gasteiger partial charge in [0.1, 0.15) is 6.10 Å². The van der Waals surface area contributed by atoms with E-state index in [0.717, 1.165) is 12.8 Å². The molecular weight excluding hydrogens is 218 g/mol. The fourth-order valence-electron chi connectivity index (χ4n) is 1.73. The second-order valence-electron chi connectivity index (χ2n) is 4.22. The van der Waals surface area contributed by atoms with Crippen molar-refractivity contribution in [1.82, 2.24) is 10.1 Å². The molecule has 5 heteroatoms. The van der Waals surface area contributed by atoms with E-state index in [1.165, 1.54) is 0 Å². The van der Waals surface area contributed by atoms with Crippen LogP contribution in [-0.4, -0.2) is 16.7 Å². The average molecular weight is 235 g/mol. The third-order valence-electron chi connectivity index (χ3n) is 2.76. The van der Waals surface area contributed by atoms with Crippen LogP contribution in [0.2, 0.25) is 0 Å². The molecule has 2 atom stereocenters. The Kier molecular flexibility index (Phi) is 3.77. The van der Waals surface area contributed by atoms with E-state index in [0.29, 0.717) is 30.7 Å². The predicted octanol–water partition coefficient (Wildman–Crippen LogP) is 1.58. The maximum Gasteiger partial charge on any atom is 0.244 e. The molecule has 5 nitrogen and oxygen atoms in total. The van der Waals surface area contributed by atoms with Crippen molar-refractivity contribution in [2.75, 3.05) is 6.61 Å². The van der Waals surface area contributed by atoms with Crippen LogP contribution in [0.5, 0.6) is 0 Å². The summed E-state index contributed by atoms with van der Waals surface area (Å²) in [5.41, 5.74) is 5.81. The third-order valence-corrected chi connectivity index (χ3v) is 2.76. The number of hydrogen-bond donors (Lipinski definition) is 1. The van der Waals surface area contributed by atoms with Gasteiger partial charge in [-0.2, -0.15) is 4.98 Å². The number of nitrogens with two attached hydrogens (primary N) is 1. The van der Waals surface area contributed by atoms with Gasteiger partial charge in [-0.25, -0.2) is 0 Å². The van der Waals surface area contributed by atoms with Gasteiger partial charge in [-0.3, -0.25) is 0 Å². The first-order chi connectivity index (χ1) is 8.26. The van der Waals surface area contributed by atoms with Gasteiger partial charge in [0.25, 0.3) is 0 Å². The third kappa shape index (κ3) is 2.84. The van der Waals surface area contributed by atoms with Gasteiger partial charge in [0.05, 0.1) is 6.04 Å². The highest BCUT2D eigenvalue weighted by atomic mass is 16.5. The molecule has 1 heterocycles. The predicted molar refractivity (Wildman–Crippen MR) is 61.8 cm³/mol. The highest BCUT2D eigenvalue weighted by molar-refractivity contribution is 5.02. The van der Waals surface area contributed by atoms with E-state index in [2.05, 4.69) is 16.1 Å². The topological polar surface area (TPSA) is 74.2 Å². The Morgan fingerprint density at radius 1 is 1.65 bits per heavy atom. The molecule has 0 saturated heterocycles. The highest BCUT2D eigenvalue weighted by Gasteiger charge is 2.36. The van der Waals surface area contributed by atoms with E-state index in [9.17, 15) is 0 Å². The summed E-state index contributed by atoms with van der Waals surface area (Å²) in [5.74, 6) is 3.98. The normalized spacial score (nSPS) is 18.6. The minimum absolute atomic E-state index is 0.0597. The van der Waals surface area contributed by atoms with Crippen LogP contribution in [0.15, 0.2) is 4.52 Å². The zero-order chi connectivity index (χ0) is 12.3. The minimum Gasteiger partial charge on any atom is -0.370 e. The summed E-state index contributed by atoms with van der Waals surface area (Å²) in [7, 11) is 0. The molecule has 2 N–H and O–H groups in total. The zero-order valence-corrected chi connectivity index (χ0v) is 9.93. The van der Waals surface area contributed by atoms with Crippen LogP contribution in [0, 0.1) is 18.3 Å². The molecule has 0 aliphatic heterocycles. The SMILES string of the molecule is C#CCC(N)c1nc(C(OCC)C2CC2)no1. The van der Waals surface area contributed by atoms with Crippen molar-refractivity contribution in [2.24, 2.45) is 11.7 Å². The molecule has 1 aromatic heterocycles. The van der Waals surface area contributed by atoms with E-state index < -0.39 is 0 Å². The van der Waals surface area contributed by atoms with Crippen LogP contribution in [-0.2, 0) is 4.74 Å². The van der Waals surface area contributed by atoms with Crippen LogP contribution >= 0.6 is 0 Å². The van der Waals surface area contributed by atoms with E-state index in [1.54, 1.807) is 0 Å². The van der Waals surface area contributed by atoms with E-state index >= 15 is 0 Å². The molecule has 17 heavy (non-hydrogen) atoms. The fraction of sp³-hybridized carbons (Fsp3) is 0.667. The summed E-state index contributed by atoms with van der Waals surface area (Å²) in [6.45, 7) is 2.60. The van der Waals surface area contributed by atoms with E-state index in [-0.39, 0.29) is 12.1 Å². The molecule has 92 valence electrons. The number of terminal acetylenes is 1. The molecule has 1 aromatic rings. The second-order valence-corrected chi connectivity index (χ2v) is 4.22. The number of rotatable bonds is 6. The van der Waals surface area contributed by atoms with Crippen molar-refractivity contribution in [3.63, 3.8) is 0 Å². The highest BCUT2D eigenvalue weighted by Crippen LogP contribution is 2.42. The molecule has 0 radical (unpaired) electrons. The Bertz CT molecular complexity index is 406. The molecule has 1 saturated carbocycles. The Labute approximate surface area is 101 Å². The quantitative estimate of drug-likeness (QED) is 0.758. The Morgan fingerprint density at radius 3 is 3.00 bits per heavy atom. The summed E-state index contributed by atoms with van der Waals surface area (Å²) in [6.07, 6.45) is 7.84. The lowest BCUT2D eigenvalue weighted by atomic mass is 10.2. The number of nitrogens with zero attached hydrogens (tertiary/aromatic N) is 2. The molecule has 1 aliphatic carbocycles. The molecule has 1 aliphatic rings. The van der Waals surface area contributed by atoms with Gasteiger partial charge >= 0.3 is 0 Å².